The van der Waals surface area contributed by atoms with E-state index in [1.807, 2.05) is 12.1 Å². The van der Waals surface area contributed by atoms with E-state index in [9.17, 15) is 18.8 Å². The summed E-state index contributed by atoms with van der Waals surface area (Å²) in [6, 6.07) is 7.73. The van der Waals surface area contributed by atoms with Crippen LogP contribution in [0, 0.1) is 5.82 Å². The summed E-state index contributed by atoms with van der Waals surface area (Å²) in [7, 11) is 0. The molecule has 1 fully saturated rings. The van der Waals surface area contributed by atoms with Gasteiger partial charge < -0.3 is 19.7 Å². The molecule has 1 aliphatic heterocycles. The maximum atomic E-state index is 13.9. The van der Waals surface area contributed by atoms with Crippen LogP contribution in [0.25, 0.3) is 0 Å². The Morgan fingerprint density at radius 3 is 2.76 bits per heavy atom. The van der Waals surface area contributed by atoms with E-state index in [0.29, 0.717) is 26.2 Å². The quantitative estimate of drug-likeness (QED) is 0.526. The molecule has 0 aliphatic carbocycles. The van der Waals surface area contributed by atoms with Gasteiger partial charge in [-0.25, -0.2) is 4.39 Å². The molecule has 1 unspecified atom stereocenters. The molecule has 10 heteroatoms. The minimum Gasteiger partial charge on any atom is -0.491 e. The number of nitrogens with zero attached hydrogens (tertiary/aromatic N) is 2. The first-order chi connectivity index (χ1) is 15.9. The molecule has 0 bridgehead atoms. The van der Waals surface area contributed by atoms with Crippen LogP contribution in [0.2, 0.25) is 0 Å². The maximum absolute atomic E-state index is 13.9. The number of hydrogen-bond acceptors (Lipinski definition) is 7. The van der Waals surface area contributed by atoms with Crippen molar-refractivity contribution in [2.24, 2.45) is 0 Å². The molecule has 2 heterocycles. The van der Waals surface area contributed by atoms with E-state index in [1.54, 1.807) is 17.3 Å². The molecule has 1 aromatic heterocycles. The average molecular weight is 476 g/mol. The number of benzene rings is 1. The van der Waals surface area contributed by atoms with E-state index in [1.165, 1.54) is 36.9 Å². The molecular formula is C23H26FN3O5S. The summed E-state index contributed by atoms with van der Waals surface area (Å²) >= 11 is 1.26. The van der Waals surface area contributed by atoms with Crippen LogP contribution < -0.4 is 10.1 Å². The van der Waals surface area contributed by atoms with Gasteiger partial charge in [0.2, 0.25) is 11.8 Å². The fraction of sp³-hybridized carbons (Fsp3) is 0.391. The van der Waals surface area contributed by atoms with Gasteiger partial charge in [0.1, 0.15) is 24.3 Å². The molecule has 1 aromatic carbocycles. The van der Waals surface area contributed by atoms with E-state index < -0.39 is 5.82 Å². The van der Waals surface area contributed by atoms with Gasteiger partial charge in [-0.1, -0.05) is 0 Å². The summed E-state index contributed by atoms with van der Waals surface area (Å²) < 4.78 is 25.2. The van der Waals surface area contributed by atoms with Crippen molar-refractivity contribution in [1.82, 2.24) is 15.2 Å². The van der Waals surface area contributed by atoms with Crippen LogP contribution in [-0.4, -0.2) is 71.4 Å². The van der Waals surface area contributed by atoms with Gasteiger partial charge in [0.05, 0.1) is 30.2 Å². The van der Waals surface area contributed by atoms with E-state index in [4.69, 9.17) is 9.47 Å². The number of halogens is 1. The van der Waals surface area contributed by atoms with Crippen molar-refractivity contribution >= 4 is 29.4 Å². The van der Waals surface area contributed by atoms with Crippen molar-refractivity contribution in [1.29, 1.82) is 0 Å². The predicted molar refractivity (Wildman–Crippen MR) is 122 cm³/mol. The molecule has 2 aromatic rings. The highest BCUT2D eigenvalue weighted by molar-refractivity contribution is 8.00. The molecule has 3 rings (SSSR count). The van der Waals surface area contributed by atoms with Crippen LogP contribution in [0.3, 0.4) is 0 Å². The van der Waals surface area contributed by atoms with Gasteiger partial charge in [0.25, 0.3) is 0 Å². The number of nitrogens with one attached hydrogen (secondary N) is 1. The van der Waals surface area contributed by atoms with Crippen molar-refractivity contribution in [2.75, 3.05) is 37.8 Å². The summed E-state index contributed by atoms with van der Waals surface area (Å²) in [6.07, 6.45) is 2.97. The van der Waals surface area contributed by atoms with Crippen molar-refractivity contribution in [3.05, 3.63) is 59.7 Å². The first kappa shape index (κ1) is 24.7. The van der Waals surface area contributed by atoms with E-state index in [2.05, 4.69) is 10.3 Å². The number of morpholine rings is 1. The number of carbonyl (C=O) groups is 3. The Labute approximate surface area is 195 Å². The molecule has 8 nitrogen and oxygen atoms in total. The fourth-order valence-corrected chi connectivity index (χ4v) is 3.93. The standard InChI is InChI=1S/C23H26FN3O5S/c1-16(28)20-3-2-18(10-21(20)24)32-13-19-12-27(8-9-31-19)23(30)15-33-14-22(29)26-11-17-4-6-25-7-5-17/h2-7,10,19H,8-9,11-15H2,1H3,(H,26,29). The highest BCUT2D eigenvalue weighted by Crippen LogP contribution is 2.18. The van der Waals surface area contributed by atoms with Crippen LogP contribution in [0.1, 0.15) is 22.8 Å². The minimum absolute atomic E-state index is 0.0107. The first-order valence-electron chi connectivity index (χ1n) is 10.5. The number of pyridine rings is 1. The molecule has 2 amide bonds. The number of carbonyl (C=O) groups excluding carboxylic acids is 3. The van der Waals surface area contributed by atoms with Gasteiger partial charge in [-0.3, -0.25) is 19.4 Å². The summed E-state index contributed by atoms with van der Waals surface area (Å²) in [5, 5.41) is 2.81. The molecular weight excluding hydrogens is 449 g/mol. The van der Waals surface area contributed by atoms with Crippen LogP contribution in [0.4, 0.5) is 4.39 Å². The number of ether oxygens (including phenoxy) is 2. The van der Waals surface area contributed by atoms with Crippen LogP contribution in [-0.2, 0) is 20.9 Å². The summed E-state index contributed by atoms with van der Waals surface area (Å²) in [5.74, 6) is -0.536. The van der Waals surface area contributed by atoms with Gasteiger partial charge >= 0.3 is 0 Å². The zero-order valence-electron chi connectivity index (χ0n) is 18.3. The Hall–Kier alpha value is -2.98. The SMILES string of the molecule is CC(=O)c1ccc(OCC2CN(C(=O)CSCC(=O)NCc3ccncc3)CCO2)cc1F. The highest BCUT2D eigenvalue weighted by atomic mass is 32.2. The Kier molecular flexibility index (Phi) is 9.20. The molecule has 0 saturated carbocycles. The van der Waals surface area contributed by atoms with Gasteiger partial charge in [-0.05, 0) is 36.8 Å². The number of hydrogen-bond donors (Lipinski definition) is 1. The second-order valence-electron chi connectivity index (χ2n) is 7.47. The third-order valence-electron chi connectivity index (χ3n) is 4.94. The van der Waals surface area contributed by atoms with Gasteiger partial charge in [0.15, 0.2) is 5.78 Å². The lowest BCUT2D eigenvalue weighted by Gasteiger charge is -2.32. The molecule has 1 atom stereocenters. The van der Waals surface area contributed by atoms with E-state index in [-0.39, 0.29) is 53.1 Å². The fourth-order valence-electron chi connectivity index (χ4n) is 3.18. The van der Waals surface area contributed by atoms with Crippen LogP contribution in [0.15, 0.2) is 42.7 Å². The monoisotopic (exact) mass is 475 g/mol. The molecule has 33 heavy (non-hydrogen) atoms. The smallest absolute Gasteiger partial charge is 0.232 e. The number of ketones is 1. The van der Waals surface area contributed by atoms with Crippen molar-refractivity contribution in [3.8, 4) is 5.75 Å². The zero-order valence-corrected chi connectivity index (χ0v) is 19.1. The molecule has 176 valence electrons. The van der Waals surface area contributed by atoms with Crippen molar-refractivity contribution < 1.29 is 28.2 Å². The Bertz CT molecular complexity index is 976. The lowest BCUT2D eigenvalue weighted by Crippen LogP contribution is -2.48. The van der Waals surface area contributed by atoms with E-state index >= 15 is 0 Å². The molecule has 1 N–H and O–H groups in total. The highest BCUT2D eigenvalue weighted by Gasteiger charge is 2.25. The number of rotatable bonds is 10. The topological polar surface area (TPSA) is 97.8 Å². The lowest BCUT2D eigenvalue weighted by molar-refractivity contribution is -0.137. The largest absolute Gasteiger partial charge is 0.491 e. The molecule has 1 saturated heterocycles. The Balaban J connectivity index is 1.37. The maximum Gasteiger partial charge on any atom is 0.232 e. The molecule has 0 radical (unpaired) electrons. The number of thioether (sulfide) groups is 1. The Morgan fingerprint density at radius 1 is 1.24 bits per heavy atom. The summed E-state index contributed by atoms with van der Waals surface area (Å²) in [4.78, 5) is 41.4. The van der Waals surface area contributed by atoms with Crippen LogP contribution >= 0.6 is 11.8 Å². The number of amides is 2. The average Bonchev–Trinajstić information content (AvgIpc) is 2.82. The predicted octanol–water partition coefficient (Wildman–Crippen LogP) is 2.08. The number of aromatic nitrogens is 1. The third-order valence-corrected chi connectivity index (χ3v) is 5.86. The minimum atomic E-state index is -0.636. The number of Topliss-reactive ketones (excluding diaryl/α,β-unsaturated/α-hetero) is 1. The molecule has 1 aliphatic rings. The normalized spacial score (nSPS) is 15.7. The third kappa shape index (κ3) is 7.83. The Morgan fingerprint density at radius 2 is 2.03 bits per heavy atom. The lowest BCUT2D eigenvalue weighted by atomic mass is 10.1. The van der Waals surface area contributed by atoms with Gasteiger partial charge in [-0.15, -0.1) is 11.8 Å². The second kappa shape index (κ2) is 12.3. The van der Waals surface area contributed by atoms with Gasteiger partial charge in [-0.2, -0.15) is 0 Å². The van der Waals surface area contributed by atoms with Gasteiger partial charge in [0, 0.05) is 31.5 Å². The molecule has 0 spiro atoms. The second-order valence-corrected chi connectivity index (χ2v) is 8.45. The first-order valence-corrected chi connectivity index (χ1v) is 11.6. The van der Waals surface area contributed by atoms with Crippen LogP contribution in [0.5, 0.6) is 5.75 Å². The zero-order chi connectivity index (χ0) is 23.6. The summed E-state index contributed by atoms with van der Waals surface area (Å²) in [5.41, 5.74) is 0.968. The van der Waals surface area contributed by atoms with Crippen molar-refractivity contribution in [2.45, 2.75) is 19.6 Å². The summed E-state index contributed by atoms with van der Waals surface area (Å²) in [6.45, 7) is 3.05. The van der Waals surface area contributed by atoms with E-state index in [0.717, 1.165) is 5.56 Å². The van der Waals surface area contributed by atoms with Crippen molar-refractivity contribution in [3.63, 3.8) is 0 Å².